The Morgan fingerprint density at radius 3 is 2.69 bits per heavy atom. The minimum absolute atomic E-state index is 0.0345. The number of hydrogen-bond acceptors (Lipinski definition) is 5. The molecule has 1 rings (SSSR count). The first-order valence-electron chi connectivity index (χ1n) is 3.32. The van der Waals surface area contributed by atoms with Gasteiger partial charge < -0.3 is 5.73 Å². The Morgan fingerprint density at radius 1 is 1.62 bits per heavy atom. The topological polar surface area (TPSA) is 90.7 Å². The summed E-state index contributed by atoms with van der Waals surface area (Å²) in [5, 5.41) is 17.0. The molecule has 1 aliphatic rings. The lowest BCUT2D eigenvalue weighted by Gasteiger charge is -1.95. The molecule has 1 atom stereocenters. The number of carbonyl (C=O) groups excluding carboxylic acids is 1. The quantitative estimate of drug-likeness (QED) is 0.506. The zero-order valence-electron chi connectivity index (χ0n) is 6.48. The Morgan fingerprint density at radius 2 is 2.31 bits per heavy atom. The number of hydrogen-bond donors (Lipinski definition) is 1. The normalized spacial score (nSPS) is 24.6. The lowest BCUT2D eigenvalue weighted by Crippen LogP contribution is -2.13. The molecule has 0 aliphatic carbocycles. The third-order valence-electron chi connectivity index (χ3n) is 1.32. The zero-order valence-corrected chi connectivity index (χ0v) is 8.11. The molecule has 0 aromatic heterocycles. The van der Waals surface area contributed by atoms with Crippen LogP contribution in [0.5, 0.6) is 0 Å². The van der Waals surface area contributed by atoms with E-state index in [2.05, 4.69) is 6.07 Å². The van der Waals surface area contributed by atoms with Crippen LogP contribution in [0.2, 0.25) is 0 Å². The van der Waals surface area contributed by atoms with Gasteiger partial charge in [-0.25, -0.2) is 0 Å². The van der Waals surface area contributed by atoms with Gasteiger partial charge in [-0.05, 0) is 0 Å². The number of thioether (sulfide) groups is 2. The number of nitriles is 2. The van der Waals surface area contributed by atoms with E-state index in [4.69, 9.17) is 16.3 Å². The van der Waals surface area contributed by atoms with Gasteiger partial charge in [0.1, 0.15) is 16.9 Å². The number of nitrogens with two attached hydrogens (primary N) is 1. The number of amides is 1. The van der Waals surface area contributed by atoms with Crippen LogP contribution in [0.15, 0.2) is 9.81 Å². The van der Waals surface area contributed by atoms with Gasteiger partial charge >= 0.3 is 0 Å². The fourth-order valence-corrected chi connectivity index (χ4v) is 3.29. The fourth-order valence-electron chi connectivity index (χ4n) is 0.745. The minimum atomic E-state index is -0.726. The lowest BCUT2D eigenvalue weighted by atomic mass is 10.3. The molecule has 4 nitrogen and oxygen atoms in total. The first kappa shape index (κ1) is 9.97. The summed E-state index contributed by atoms with van der Waals surface area (Å²) < 4.78 is 0.571. The van der Waals surface area contributed by atoms with Crippen LogP contribution in [-0.4, -0.2) is 16.9 Å². The second-order valence-corrected chi connectivity index (χ2v) is 4.69. The van der Waals surface area contributed by atoms with Crippen LogP contribution in [0, 0.1) is 22.7 Å². The number of nitrogens with zero attached hydrogens (tertiary/aromatic N) is 2. The molecule has 1 aliphatic heterocycles. The summed E-state index contributed by atoms with van der Waals surface area (Å²) >= 11 is 2.56. The molecule has 0 bridgehead atoms. The molecule has 1 fully saturated rings. The Bertz CT molecular complexity index is 350. The molecule has 0 spiro atoms. The van der Waals surface area contributed by atoms with E-state index in [9.17, 15) is 4.79 Å². The minimum Gasteiger partial charge on any atom is -0.365 e. The summed E-state index contributed by atoms with van der Waals surface area (Å²) in [4.78, 5) is 10.7. The van der Waals surface area contributed by atoms with E-state index in [0.29, 0.717) is 9.99 Å². The van der Waals surface area contributed by atoms with E-state index in [1.54, 1.807) is 6.07 Å². The molecule has 1 saturated heterocycles. The van der Waals surface area contributed by atoms with Crippen molar-refractivity contribution in [3.63, 3.8) is 0 Å². The van der Waals surface area contributed by atoms with Crippen molar-refractivity contribution >= 4 is 29.4 Å². The van der Waals surface area contributed by atoms with E-state index in [1.807, 2.05) is 0 Å². The van der Waals surface area contributed by atoms with Crippen LogP contribution in [0.25, 0.3) is 0 Å². The molecular weight excluding hydrogens is 206 g/mol. The monoisotopic (exact) mass is 211 g/mol. The Kier molecular flexibility index (Phi) is 3.24. The van der Waals surface area contributed by atoms with Gasteiger partial charge in [0.15, 0.2) is 0 Å². The van der Waals surface area contributed by atoms with Crippen LogP contribution in [0.1, 0.15) is 0 Å². The van der Waals surface area contributed by atoms with Crippen LogP contribution in [0.3, 0.4) is 0 Å². The molecule has 66 valence electrons. The smallest absolute Gasteiger partial charge is 0.261 e. The largest absolute Gasteiger partial charge is 0.365 e. The van der Waals surface area contributed by atoms with E-state index in [1.165, 1.54) is 23.5 Å². The van der Waals surface area contributed by atoms with Crippen LogP contribution >= 0.6 is 23.5 Å². The Balaban J connectivity index is 2.90. The highest BCUT2D eigenvalue weighted by atomic mass is 32.2. The molecule has 1 amide bonds. The van der Waals surface area contributed by atoms with Gasteiger partial charge in [-0.15, -0.1) is 11.8 Å². The highest BCUT2D eigenvalue weighted by Gasteiger charge is 2.25. The van der Waals surface area contributed by atoms with Gasteiger partial charge in [0.2, 0.25) is 0 Å². The number of rotatable bonds is 1. The average molecular weight is 211 g/mol. The Hall–Kier alpha value is -1.11. The number of carbonyl (C=O) groups is 1. The van der Waals surface area contributed by atoms with Gasteiger partial charge in [0.25, 0.3) is 5.91 Å². The molecule has 6 heteroatoms. The predicted molar refractivity (Wildman–Crippen MR) is 51.3 cm³/mol. The summed E-state index contributed by atoms with van der Waals surface area (Å²) in [5.74, 6) is -0.120. The van der Waals surface area contributed by atoms with Crippen LogP contribution < -0.4 is 5.73 Å². The van der Waals surface area contributed by atoms with Gasteiger partial charge in [0.05, 0.1) is 10.3 Å². The van der Waals surface area contributed by atoms with Gasteiger partial charge in [-0.3, -0.25) is 4.79 Å². The lowest BCUT2D eigenvalue weighted by molar-refractivity contribution is -0.114. The first-order valence-corrected chi connectivity index (χ1v) is 5.18. The summed E-state index contributed by atoms with van der Waals surface area (Å²) in [6, 6.07) is 3.80. The predicted octanol–water partition coefficient (Wildman–Crippen LogP) is 0.579. The molecule has 0 radical (unpaired) electrons. The molecule has 0 saturated carbocycles. The fraction of sp³-hybridized carbons (Fsp3) is 0.286. The van der Waals surface area contributed by atoms with E-state index in [-0.39, 0.29) is 10.8 Å². The highest BCUT2D eigenvalue weighted by Crippen LogP contribution is 2.43. The second kappa shape index (κ2) is 4.22. The zero-order chi connectivity index (χ0) is 9.84. The summed E-state index contributed by atoms with van der Waals surface area (Å²) in [7, 11) is 0. The summed E-state index contributed by atoms with van der Waals surface area (Å²) in [5.41, 5.74) is 4.95. The van der Waals surface area contributed by atoms with Crippen molar-refractivity contribution in [1.82, 2.24) is 0 Å². The van der Waals surface area contributed by atoms with E-state index < -0.39 is 5.91 Å². The van der Waals surface area contributed by atoms with Crippen molar-refractivity contribution in [2.45, 2.75) is 5.25 Å². The van der Waals surface area contributed by atoms with E-state index in [0.717, 1.165) is 0 Å². The molecule has 13 heavy (non-hydrogen) atoms. The first-order chi connectivity index (χ1) is 6.19. The van der Waals surface area contributed by atoms with Crippen LogP contribution in [-0.2, 0) is 4.79 Å². The molecular formula is C7H5N3OS2. The summed E-state index contributed by atoms with van der Waals surface area (Å²) in [6.07, 6.45) is 0. The van der Waals surface area contributed by atoms with Crippen molar-refractivity contribution in [1.29, 1.82) is 10.5 Å². The Labute approximate surface area is 83.8 Å². The average Bonchev–Trinajstić information content (AvgIpc) is 2.53. The standard InChI is InChI=1S/C7H5N3OS2/c8-1-4-3-12-7(13-4)5(2-9)6(10)11/h4H,3H2,(H2,10,11)/b7-5-/t4-/m0/s1. The molecule has 2 N–H and O–H groups in total. The molecule has 1 heterocycles. The second-order valence-electron chi connectivity index (χ2n) is 2.19. The maximum absolute atomic E-state index is 10.7. The van der Waals surface area contributed by atoms with Crippen LogP contribution in [0.4, 0.5) is 0 Å². The maximum Gasteiger partial charge on any atom is 0.261 e. The highest BCUT2D eigenvalue weighted by molar-refractivity contribution is 8.25. The third kappa shape index (κ3) is 2.18. The van der Waals surface area contributed by atoms with Crippen molar-refractivity contribution in [3.05, 3.63) is 9.81 Å². The van der Waals surface area contributed by atoms with Crippen molar-refractivity contribution in [3.8, 4) is 12.1 Å². The molecule has 0 aromatic carbocycles. The van der Waals surface area contributed by atoms with Gasteiger partial charge in [0, 0.05) is 5.75 Å². The molecule has 0 aromatic rings. The molecule has 0 unspecified atom stereocenters. The van der Waals surface area contributed by atoms with Crippen molar-refractivity contribution in [2.75, 3.05) is 5.75 Å². The summed E-state index contributed by atoms with van der Waals surface area (Å²) in [6.45, 7) is 0. The van der Waals surface area contributed by atoms with Gasteiger partial charge in [-0.2, -0.15) is 10.5 Å². The van der Waals surface area contributed by atoms with Crippen molar-refractivity contribution < 1.29 is 4.79 Å². The maximum atomic E-state index is 10.7. The third-order valence-corrected chi connectivity index (χ3v) is 4.12. The SMILES string of the molecule is N#C/C(C(N)=O)=C1\SC[C@H](C#N)S1. The van der Waals surface area contributed by atoms with Crippen molar-refractivity contribution in [2.24, 2.45) is 5.73 Å². The van der Waals surface area contributed by atoms with E-state index >= 15 is 0 Å². The van der Waals surface area contributed by atoms with Gasteiger partial charge in [-0.1, -0.05) is 11.8 Å². The number of primary amides is 1.